The van der Waals surface area contributed by atoms with Gasteiger partial charge in [-0.3, -0.25) is 4.79 Å². The molecule has 2 rings (SSSR count). The molecule has 1 amide bonds. The third-order valence-corrected chi connectivity index (χ3v) is 4.12. The Morgan fingerprint density at radius 2 is 2.00 bits per heavy atom. The fraction of sp³-hybridized carbons (Fsp3) is 0.588. The predicted octanol–water partition coefficient (Wildman–Crippen LogP) is 4.38. The SMILES string of the molecule is COc1ccccc1NC(=O)CCCC1CCCCC1. The van der Waals surface area contributed by atoms with Crippen LogP contribution in [0.3, 0.4) is 0 Å². The zero-order valence-corrected chi connectivity index (χ0v) is 12.4. The lowest BCUT2D eigenvalue weighted by atomic mass is 9.86. The van der Waals surface area contributed by atoms with Gasteiger partial charge in [-0.2, -0.15) is 0 Å². The molecule has 0 atom stereocenters. The maximum Gasteiger partial charge on any atom is 0.224 e. The standard InChI is InChI=1S/C17H25NO2/c1-20-16-12-6-5-11-15(16)18-17(19)13-7-10-14-8-3-2-4-9-14/h5-6,11-12,14H,2-4,7-10,13H2,1H3,(H,18,19). The number of methoxy groups -OCH3 is 1. The Labute approximate surface area is 121 Å². The van der Waals surface area contributed by atoms with Gasteiger partial charge < -0.3 is 10.1 Å². The van der Waals surface area contributed by atoms with E-state index >= 15 is 0 Å². The topological polar surface area (TPSA) is 38.3 Å². The fourth-order valence-electron chi connectivity index (χ4n) is 2.99. The van der Waals surface area contributed by atoms with E-state index in [2.05, 4.69) is 5.32 Å². The molecular weight excluding hydrogens is 250 g/mol. The minimum absolute atomic E-state index is 0.0882. The molecule has 1 aromatic rings. The second kappa shape index (κ2) is 7.93. The smallest absolute Gasteiger partial charge is 0.224 e. The normalized spacial score (nSPS) is 15.8. The summed E-state index contributed by atoms with van der Waals surface area (Å²) in [5.74, 6) is 1.65. The summed E-state index contributed by atoms with van der Waals surface area (Å²) in [6, 6.07) is 7.53. The van der Waals surface area contributed by atoms with Gasteiger partial charge in [-0.05, 0) is 30.9 Å². The molecule has 0 bridgehead atoms. The first-order valence-electron chi connectivity index (χ1n) is 7.72. The first-order chi connectivity index (χ1) is 9.79. The molecule has 0 heterocycles. The van der Waals surface area contributed by atoms with Crippen LogP contribution in [-0.2, 0) is 4.79 Å². The zero-order chi connectivity index (χ0) is 14.2. The number of carbonyl (C=O) groups is 1. The highest BCUT2D eigenvalue weighted by atomic mass is 16.5. The summed E-state index contributed by atoms with van der Waals surface area (Å²) in [5, 5.41) is 2.94. The van der Waals surface area contributed by atoms with Crippen molar-refractivity contribution in [2.24, 2.45) is 5.92 Å². The van der Waals surface area contributed by atoms with Crippen LogP contribution in [0.2, 0.25) is 0 Å². The zero-order valence-electron chi connectivity index (χ0n) is 12.4. The van der Waals surface area contributed by atoms with Crippen molar-refractivity contribution in [1.29, 1.82) is 0 Å². The van der Waals surface area contributed by atoms with E-state index in [1.54, 1.807) is 7.11 Å². The number of rotatable bonds is 6. The number of amides is 1. The van der Waals surface area contributed by atoms with E-state index in [-0.39, 0.29) is 5.91 Å². The number of nitrogens with one attached hydrogen (secondary N) is 1. The Morgan fingerprint density at radius 1 is 1.25 bits per heavy atom. The van der Waals surface area contributed by atoms with Gasteiger partial charge >= 0.3 is 0 Å². The van der Waals surface area contributed by atoms with Gasteiger partial charge in [-0.25, -0.2) is 0 Å². The largest absolute Gasteiger partial charge is 0.495 e. The van der Waals surface area contributed by atoms with E-state index in [1.807, 2.05) is 24.3 Å². The number of carbonyl (C=O) groups excluding carboxylic acids is 1. The Balaban J connectivity index is 1.72. The summed E-state index contributed by atoms with van der Waals surface area (Å²) < 4.78 is 5.23. The van der Waals surface area contributed by atoms with Crippen molar-refractivity contribution >= 4 is 11.6 Å². The number of ether oxygens (including phenoxy) is 1. The van der Waals surface area contributed by atoms with Crippen LogP contribution >= 0.6 is 0 Å². The summed E-state index contributed by atoms with van der Waals surface area (Å²) in [5.41, 5.74) is 0.762. The molecular formula is C17H25NO2. The van der Waals surface area contributed by atoms with Crippen LogP contribution in [0.5, 0.6) is 5.75 Å². The van der Waals surface area contributed by atoms with Crippen molar-refractivity contribution in [3.63, 3.8) is 0 Å². The minimum Gasteiger partial charge on any atom is -0.495 e. The number of hydrogen-bond acceptors (Lipinski definition) is 2. The number of anilines is 1. The molecule has 3 heteroatoms. The van der Waals surface area contributed by atoms with Gasteiger partial charge in [-0.15, -0.1) is 0 Å². The average molecular weight is 275 g/mol. The van der Waals surface area contributed by atoms with Crippen molar-refractivity contribution < 1.29 is 9.53 Å². The van der Waals surface area contributed by atoms with E-state index in [4.69, 9.17) is 4.74 Å². The molecule has 0 aliphatic heterocycles. The van der Waals surface area contributed by atoms with Gasteiger partial charge in [0.1, 0.15) is 5.75 Å². The van der Waals surface area contributed by atoms with Crippen LogP contribution in [0, 0.1) is 5.92 Å². The average Bonchev–Trinajstić information content (AvgIpc) is 2.49. The van der Waals surface area contributed by atoms with E-state index in [1.165, 1.54) is 38.5 Å². The van der Waals surface area contributed by atoms with Crippen molar-refractivity contribution in [2.45, 2.75) is 51.4 Å². The maximum atomic E-state index is 12.0. The molecule has 1 saturated carbocycles. The van der Waals surface area contributed by atoms with E-state index in [0.29, 0.717) is 12.2 Å². The molecule has 1 aliphatic carbocycles. The second-order valence-corrected chi connectivity index (χ2v) is 5.64. The summed E-state index contributed by atoms with van der Waals surface area (Å²) in [6.45, 7) is 0. The first kappa shape index (κ1) is 14.9. The van der Waals surface area contributed by atoms with Gasteiger partial charge in [0.2, 0.25) is 5.91 Å². The summed E-state index contributed by atoms with van der Waals surface area (Å²) >= 11 is 0. The maximum absolute atomic E-state index is 12.0. The summed E-state index contributed by atoms with van der Waals surface area (Å²) in [7, 11) is 1.62. The van der Waals surface area contributed by atoms with Crippen LogP contribution in [-0.4, -0.2) is 13.0 Å². The van der Waals surface area contributed by atoms with Crippen molar-refractivity contribution in [3.8, 4) is 5.75 Å². The number of benzene rings is 1. The van der Waals surface area contributed by atoms with E-state index in [9.17, 15) is 4.79 Å². The lowest BCUT2D eigenvalue weighted by Crippen LogP contribution is -2.13. The molecule has 110 valence electrons. The van der Waals surface area contributed by atoms with Crippen LogP contribution in [0.4, 0.5) is 5.69 Å². The van der Waals surface area contributed by atoms with Crippen molar-refractivity contribution in [3.05, 3.63) is 24.3 Å². The molecule has 0 radical (unpaired) electrons. The third kappa shape index (κ3) is 4.55. The summed E-state index contributed by atoms with van der Waals surface area (Å²) in [4.78, 5) is 12.0. The lowest BCUT2D eigenvalue weighted by Gasteiger charge is -2.21. The molecule has 3 nitrogen and oxygen atoms in total. The molecule has 1 N–H and O–H groups in total. The van der Waals surface area contributed by atoms with Gasteiger partial charge in [0.15, 0.2) is 0 Å². The molecule has 0 spiro atoms. The Bertz CT molecular complexity index is 425. The van der Waals surface area contributed by atoms with Crippen molar-refractivity contribution in [2.75, 3.05) is 12.4 Å². The Morgan fingerprint density at radius 3 is 2.75 bits per heavy atom. The van der Waals surface area contributed by atoms with E-state index < -0.39 is 0 Å². The highest BCUT2D eigenvalue weighted by molar-refractivity contribution is 5.92. The Hall–Kier alpha value is -1.51. The Kier molecular flexibility index (Phi) is 5.90. The highest BCUT2D eigenvalue weighted by Crippen LogP contribution is 2.28. The lowest BCUT2D eigenvalue weighted by molar-refractivity contribution is -0.116. The highest BCUT2D eigenvalue weighted by Gasteiger charge is 2.14. The molecule has 1 fully saturated rings. The van der Waals surface area contributed by atoms with Gasteiger partial charge in [0.05, 0.1) is 12.8 Å². The van der Waals surface area contributed by atoms with Crippen LogP contribution < -0.4 is 10.1 Å². The van der Waals surface area contributed by atoms with Crippen LogP contribution in [0.25, 0.3) is 0 Å². The molecule has 1 aliphatic rings. The van der Waals surface area contributed by atoms with Crippen LogP contribution in [0.1, 0.15) is 51.4 Å². The van der Waals surface area contributed by atoms with Gasteiger partial charge in [0, 0.05) is 6.42 Å². The molecule has 1 aromatic carbocycles. The number of hydrogen-bond donors (Lipinski definition) is 1. The molecule has 0 unspecified atom stereocenters. The van der Waals surface area contributed by atoms with Crippen molar-refractivity contribution in [1.82, 2.24) is 0 Å². The van der Waals surface area contributed by atoms with Gasteiger partial charge in [0.25, 0.3) is 0 Å². The van der Waals surface area contributed by atoms with Gasteiger partial charge in [-0.1, -0.05) is 44.2 Å². The molecule has 0 saturated heterocycles. The molecule has 0 aromatic heterocycles. The number of para-hydroxylation sites is 2. The molecule has 20 heavy (non-hydrogen) atoms. The minimum atomic E-state index is 0.0882. The first-order valence-corrected chi connectivity index (χ1v) is 7.72. The third-order valence-electron chi connectivity index (χ3n) is 4.12. The second-order valence-electron chi connectivity index (χ2n) is 5.64. The quantitative estimate of drug-likeness (QED) is 0.836. The fourth-order valence-corrected chi connectivity index (χ4v) is 2.99. The predicted molar refractivity (Wildman–Crippen MR) is 82.0 cm³/mol. The van der Waals surface area contributed by atoms with Crippen LogP contribution in [0.15, 0.2) is 24.3 Å². The summed E-state index contributed by atoms with van der Waals surface area (Å²) in [6.07, 6.45) is 9.64. The van der Waals surface area contributed by atoms with E-state index in [0.717, 1.165) is 18.0 Å². The monoisotopic (exact) mass is 275 g/mol.